The lowest BCUT2D eigenvalue weighted by Gasteiger charge is -2.11. The van der Waals surface area contributed by atoms with E-state index in [-0.39, 0.29) is 11.8 Å². The first-order valence-corrected chi connectivity index (χ1v) is 9.50. The predicted octanol–water partition coefficient (Wildman–Crippen LogP) is 2.76. The minimum Gasteiger partial charge on any atom is -0.376 e. The monoisotopic (exact) mass is 337 g/mol. The lowest BCUT2D eigenvalue weighted by atomic mass is 10.2. The molecule has 0 radical (unpaired) electrons. The lowest BCUT2D eigenvalue weighted by molar-refractivity contribution is 0.0941. The summed E-state index contributed by atoms with van der Waals surface area (Å²) < 4.78 is 7.30. The first-order valence-electron chi connectivity index (χ1n) is 7.29. The molecule has 2 heterocycles. The quantitative estimate of drug-likeness (QED) is 0.821. The van der Waals surface area contributed by atoms with Crippen molar-refractivity contribution in [2.24, 2.45) is 0 Å². The number of benzene rings is 1. The number of rotatable bonds is 6. The molecule has 3 rings (SSSR count). The number of thioether (sulfide) groups is 2. The van der Waals surface area contributed by atoms with Gasteiger partial charge in [0.1, 0.15) is 0 Å². The summed E-state index contributed by atoms with van der Waals surface area (Å²) in [5, 5.41) is 7.41. The molecule has 1 aliphatic rings. The summed E-state index contributed by atoms with van der Waals surface area (Å²) in [6, 6.07) is 8.47. The van der Waals surface area contributed by atoms with E-state index in [9.17, 15) is 4.79 Å². The zero-order valence-corrected chi connectivity index (χ0v) is 14.1. The Morgan fingerprint density at radius 1 is 1.41 bits per heavy atom. The van der Waals surface area contributed by atoms with Crippen molar-refractivity contribution in [3.63, 3.8) is 0 Å². The van der Waals surface area contributed by atoms with Crippen LogP contribution in [-0.2, 0) is 17.0 Å². The number of aromatic nitrogens is 3. The van der Waals surface area contributed by atoms with Crippen LogP contribution in [0.15, 0.2) is 39.1 Å². The number of hydrogen-bond donors (Lipinski definition) is 1. The van der Waals surface area contributed by atoms with Gasteiger partial charge in [0.05, 0.1) is 12.6 Å². The van der Waals surface area contributed by atoms with Crippen molar-refractivity contribution < 1.29 is 4.74 Å². The number of aromatic amines is 1. The number of ether oxygens (including phenoxy) is 1. The summed E-state index contributed by atoms with van der Waals surface area (Å²) in [6.45, 7) is 1.38. The van der Waals surface area contributed by atoms with Gasteiger partial charge in [-0.2, -0.15) is 0 Å². The Hall–Kier alpha value is -1.18. The van der Waals surface area contributed by atoms with Crippen molar-refractivity contribution in [1.82, 2.24) is 14.8 Å². The SMILES string of the molecule is CSc1ccc(CSc2n[nH]c(=O)n2C[C@@H]2CCCO2)cc1. The maximum Gasteiger partial charge on any atom is 0.344 e. The van der Waals surface area contributed by atoms with Crippen LogP contribution >= 0.6 is 23.5 Å². The van der Waals surface area contributed by atoms with Gasteiger partial charge in [0.15, 0.2) is 5.16 Å². The molecule has 0 saturated carbocycles. The third kappa shape index (κ3) is 3.77. The molecule has 22 heavy (non-hydrogen) atoms. The average Bonchev–Trinajstić information content (AvgIpc) is 3.18. The molecule has 0 aliphatic carbocycles. The van der Waals surface area contributed by atoms with E-state index in [4.69, 9.17) is 4.74 Å². The highest BCUT2D eigenvalue weighted by atomic mass is 32.2. The van der Waals surface area contributed by atoms with Gasteiger partial charge in [0.2, 0.25) is 0 Å². The molecule has 1 aromatic carbocycles. The summed E-state index contributed by atoms with van der Waals surface area (Å²) in [6.07, 6.45) is 4.28. The van der Waals surface area contributed by atoms with Gasteiger partial charge in [0, 0.05) is 17.3 Å². The van der Waals surface area contributed by atoms with Gasteiger partial charge in [-0.25, -0.2) is 9.89 Å². The fourth-order valence-electron chi connectivity index (χ4n) is 2.44. The zero-order valence-electron chi connectivity index (χ0n) is 12.4. The standard InChI is InChI=1S/C15H19N3O2S2/c1-21-13-6-4-11(5-7-13)10-22-15-17-16-14(19)18(15)9-12-3-2-8-20-12/h4-7,12H,2-3,8-10H2,1H3,(H,16,19)/t12-/m0/s1. The summed E-state index contributed by atoms with van der Waals surface area (Å²) >= 11 is 3.31. The van der Waals surface area contributed by atoms with Gasteiger partial charge in [0.25, 0.3) is 0 Å². The van der Waals surface area contributed by atoms with E-state index in [1.165, 1.54) is 10.5 Å². The van der Waals surface area contributed by atoms with E-state index >= 15 is 0 Å². The van der Waals surface area contributed by atoms with Gasteiger partial charge >= 0.3 is 5.69 Å². The van der Waals surface area contributed by atoms with E-state index < -0.39 is 0 Å². The topological polar surface area (TPSA) is 59.9 Å². The van der Waals surface area contributed by atoms with Crippen LogP contribution in [0.5, 0.6) is 0 Å². The first-order chi connectivity index (χ1) is 10.8. The third-order valence-corrected chi connectivity index (χ3v) is 5.45. The van der Waals surface area contributed by atoms with Crippen LogP contribution in [0, 0.1) is 0 Å². The number of nitrogens with one attached hydrogen (secondary N) is 1. The largest absolute Gasteiger partial charge is 0.376 e. The molecule has 1 fully saturated rings. The van der Waals surface area contributed by atoms with Crippen LogP contribution in [0.3, 0.4) is 0 Å². The summed E-state index contributed by atoms with van der Waals surface area (Å²) in [7, 11) is 0. The van der Waals surface area contributed by atoms with E-state index in [1.54, 1.807) is 28.1 Å². The summed E-state index contributed by atoms with van der Waals surface area (Å²) in [5.74, 6) is 0.796. The summed E-state index contributed by atoms with van der Waals surface area (Å²) in [4.78, 5) is 13.1. The zero-order chi connectivity index (χ0) is 15.4. The Balaban J connectivity index is 1.65. The highest BCUT2D eigenvalue weighted by Crippen LogP contribution is 2.23. The van der Waals surface area contributed by atoms with Gasteiger partial charge in [-0.1, -0.05) is 23.9 Å². The molecule has 0 amide bonds. The lowest BCUT2D eigenvalue weighted by Crippen LogP contribution is -2.24. The van der Waals surface area contributed by atoms with Crippen LogP contribution in [0.2, 0.25) is 0 Å². The van der Waals surface area contributed by atoms with Gasteiger partial charge in [-0.05, 0) is 36.8 Å². The number of H-pyrrole nitrogens is 1. The fraction of sp³-hybridized carbons (Fsp3) is 0.467. The smallest absolute Gasteiger partial charge is 0.344 e. The number of nitrogens with zero attached hydrogens (tertiary/aromatic N) is 2. The Labute approximate surface area is 137 Å². The minimum absolute atomic E-state index is 0.135. The van der Waals surface area contributed by atoms with Crippen molar-refractivity contribution in [3.8, 4) is 0 Å². The highest BCUT2D eigenvalue weighted by molar-refractivity contribution is 7.98. The molecule has 1 atom stereocenters. The minimum atomic E-state index is -0.157. The molecule has 1 saturated heterocycles. The molecule has 118 valence electrons. The summed E-state index contributed by atoms with van der Waals surface area (Å²) in [5.41, 5.74) is 1.07. The van der Waals surface area contributed by atoms with Crippen LogP contribution in [0.1, 0.15) is 18.4 Å². The van der Waals surface area contributed by atoms with E-state index in [2.05, 4.69) is 40.7 Å². The van der Waals surface area contributed by atoms with E-state index in [0.29, 0.717) is 6.54 Å². The second kappa shape index (κ2) is 7.39. The number of hydrogen-bond acceptors (Lipinski definition) is 5. The van der Waals surface area contributed by atoms with Crippen LogP contribution in [0.4, 0.5) is 0 Å². The first kappa shape index (κ1) is 15.7. The van der Waals surface area contributed by atoms with Crippen molar-refractivity contribution >= 4 is 23.5 Å². The maximum atomic E-state index is 11.9. The van der Waals surface area contributed by atoms with Crippen LogP contribution < -0.4 is 5.69 Å². The molecule has 1 N–H and O–H groups in total. The Kier molecular flexibility index (Phi) is 5.28. The molecular weight excluding hydrogens is 318 g/mol. The Bertz CT molecular complexity index is 660. The van der Waals surface area contributed by atoms with Crippen LogP contribution in [0.25, 0.3) is 0 Å². The predicted molar refractivity (Wildman–Crippen MR) is 89.6 cm³/mol. The molecule has 5 nitrogen and oxygen atoms in total. The third-order valence-electron chi connectivity index (χ3n) is 3.66. The van der Waals surface area contributed by atoms with E-state index in [1.807, 2.05) is 0 Å². The van der Waals surface area contributed by atoms with Gasteiger partial charge in [-0.3, -0.25) is 4.57 Å². The van der Waals surface area contributed by atoms with Gasteiger partial charge in [-0.15, -0.1) is 16.9 Å². The molecule has 0 unspecified atom stereocenters. The van der Waals surface area contributed by atoms with Gasteiger partial charge < -0.3 is 4.74 Å². The normalized spacial score (nSPS) is 18.0. The van der Waals surface area contributed by atoms with Crippen molar-refractivity contribution in [3.05, 3.63) is 40.3 Å². The second-order valence-corrected chi connectivity index (χ2v) is 7.02. The Morgan fingerprint density at radius 3 is 2.91 bits per heavy atom. The molecule has 7 heteroatoms. The second-order valence-electron chi connectivity index (χ2n) is 5.19. The van der Waals surface area contributed by atoms with Crippen molar-refractivity contribution in [1.29, 1.82) is 0 Å². The maximum absolute atomic E-state index is 11.9. The van der Waals surface area contributed by atoms with Crippen LogP contribution in [-0.4, -0.2) is 33.7 Å². The van der Waals surface area contributed by atoms with E-state index in [0.717, 1.165) is 30.4 Å². The molecule has 1 aromatic heterocycles. The average molecular weight is 337 g/mol. The molecular formula is C15H19N3O2S2. The highest BCUT2D eigenvalue weighted by Gasteiger charge is 2.19. The molecule has 0 bridgehead atoms. The fourth-order valence-corrected chi connectivity index (χ4v) is 3.76. The van der Waals surface area contributed by atoms with Crippen molar-refractivity contribution in [2.75, 3.05) is 12.9 Å². The Morgan fingerprint density at radius 2 is 2.23 bits per heavy atom. The molecule has 1 aliphatic heterocycles. The molecule has 2 aromatic rings. The molecule has 0 spiro atoms. The van der Waals surface area contributed by atoms with Crippen molar-refractivity contribution in [2.45, 2.75) is 41.3 Å².